The molecule has 2 N–H and O–H groups in total. The molecule has 21 heavy (non-hydrogen) atoms. The van der Waals surface area contributed by atoms with Gasteiger partial charge < -0.3 is 10.6 Å². The van der Waals surface area contributed by atoms with Crippen molar-refractivity contribution in [3.8, 4) is 0 Å². The maximum Gasteiger partial charge on any atom is 0.261 e. The second-order valence-corrected chi connectivity index (χ2v) is 6.04. The quantitative estimate of drug-likeness (QED) is 0.853. The number of hydrogen-bond donors (Lipinski definition) is 2. The van der Waals surface area contributed by atoms with Gasteiger partial charge in [0.25, 0.3) is 5.91 Å². The number of hydrogen-bond acceptors (Lipinski definition) is 4. The fourth-order valence-electron chi connectivity index (χ4n) is 1.90. The summed E-state index contributed by atoms with van der Waals surface area (Å²) >= 11 is 1.30. The normalized spacial score (nSPS) is 13.9. The summed E-state index contributed by atoms with van der Waals surface area (Å²) in [5.41, 5.74) is 0. The largest absolute Gasteiger partial charge is 0.349 e. The average molecular weight is 304 g/mol. The molecule has 0 atom stereocenters. The van der Waals surface area contributed by atoms with Gasteiger partial charge >= 0.3 is 0 Å². The number of carbonyl (C=O) groups is 2. The van der Waals surface area contributed by atoms with Gasteiger partial charge in [0, 0.05) is 24.9 Å². The maximum absolute atomic E-state index is 12.0. The van der Waals surface area contributed by atoms with Crippen LogP contribution in [-0.2, 0) is 11.3 Å². The molecule has 0 aromatic carbocycles. The van der Waals surface area contributed by atoms with Crippen LogP contribution in [0.3, 0.4) is 0 Å². The third-order valence-corrected chi connectivity index (χ3v) is 4.21. The Morgan fingerprint density at radius 3 is 2.95 bits per heavy atom. The van der Waals surface area contributed by atoms with Crippen LogP contribution < -0.4 is 10.6 Å². The number of anilines is 1. The van der Waals surface area contributed by atoms with Crippen molar-refractivity contribution in [3.63, 3.8) is 0 Å². The minimum Gasteiger partial charge on any atom is -0.349 e. The number of nitrogens with one attached hydrogen (secondary N) is 2. The van der Waals surface area contributed by atoms with Gasteiger partial charge in [-0.25, -0.2) is 0 Å². The summed E-state index contributed by atoms with van der Waals surface area (Å²) in [7, 11) is 0. The summed E-state index contributed by atoms with van der Waals surface area (Å²) < 4.78 is 1.76. The standard InChI is InChI=1S/C14H16N4O2S/c19-13(10-2-3-10)17-12-5-4-11(21-12)14(20)15-7-9-18-8-1-6-16-18/h1,4-6,8,10H,2-3,7,9H2,(H,15,20)(H,17,19). The summed E-state index contributed by atoms with van der Waals surface area (Å²) in [6, 6.07) is 5.35. The molecule has 2 heterocycles. The topological polar surface area (TPSA) is 76.0 Å². The van der Waals surface area contributed by atoms with E-state index in [1.54, 1.807) is 23.0 Å². The highest BCUT2D eigenvalue weighted by Gasteiger charge is 2.29. The first-order chi connectivity index (χ1) is 10.2. The molecule has 2 amide bonds. The zero-order chi connectivity index (χ0) is 14.7. The van der Waals surface area contributed by atoms with E-state index in [0.717, 1.165) is 17.8 Å². The molecule has 110 valence electrons. The van der Waals surface area contributed by atoms with Crippen LogP contribution in [0.1, 0.15) is 22.5 Å². The molecule has 6 nitrogen and oxygen atoms in total. The fourth-order valence-corrected chi connectivity index (χ4v) is 2.73. The van der Waals surface area contributed by atoms with Crippen LogP contribution in [-0.4, -0.2) is 28.1 Å². The Hall–Kier alpha value is -2.15. The Morgan fingerprint density at radius 1 is 1.38 bits per heavy atom. The highest BCUT2D eigenvalue weighted by molar-refractivity contribution is 7.18. The number of aromatic nitrogens is 2. The Balaban J connectivity index is 1.48. The molecule has 1 saturated carbocycles. The predicted molar refractivity (Wildman–Crippen MR) is 80.2 cm³/mol. The van der Waals surface area contributed by atoms with Gasteiger partial charge in [-0.1, -0.05) is 0 Å². The van der Waals surface area contributed by atoms with Crippen LogP contribution in [0.25, 0.3) is 0 Å². The van der Waals surface area contributed by atoms with Crippen molar-refractivity contribution in [2.24, 2.45) is 5.92 Å². The Morgan fingerprint density at radius 2 is 2.24 bits per heavy atom. The predicted octanol–water partition coefficient (Wildman–Crippen LogP) is 1.72. The minimum absolute atomic E-state index is 0.0579. The van der Waals surface area contributed by atoms with Gasteiger partial charge in [-0.05, 0) is 31.0 Å². The first-order valence-corrected chi connectivity index (χ1v) is 7.70. The van der Waals surface area contributed by atoms with Crippen molar-refractivity contribution < 1.29 is 9.59 Å². The van der Waals surface area contributed by atoms with Crippen LogP contribution >= 0.6 is 11.3 Å². The SMILES string of the molecule is O=C(NCCn1cccn1)c1ccc(NC(=O)C2CC2)s1. The smallest absolute Gasteiger partial charge is 0.261 e. The van der Waals surface area contributed by atoms with Crippen molar-refractivity contribution in [1.29, 1.82) is 0 Å². The van der Waals surface area contributed by atoms with Gasteiger partial charge in [-0.2, -0.15) is 5.10 Å². The second-order valence-electron chi connectivity index (χ2n) is 4.95. The Labute approximate surface area is 126 Å². The van der Waals surface area contributed by atoms with E-state index in [-0.39, 0.29) is 17.7 Å². The summed E-state index contributed by atoms with van der Waals surface area (Å²) in [4.78, 5) is 24.2. The Bertz CT molecular complexity index is 631. The highest BCUT2D eigenvalue weighted by atomic mass is 32.1. The van der Waals surface area contributed by atoms with E-state index in [2.05, 4.69) is 15.7 Å². The summed E-state index contributed by atoms with van der Waals surface area (Å²) in [6.07, 6.45) is 5.49. The molecular weight excluding hydrogens is 288 g/mol. The molecule has 2 aromatic rings. The van der Waals surface area contributed by atoms with Crippen LogP contribution in [0.15, 0.2) is 30.6 Å². The lowest BCUT2D eigenvalue weighted by atomic mass is 10.4. The Kier molecular flexibility index (Phi) is 4.01. The highest BCUT2D eigenvalue weighted by Crippen LogP contribution is 2.31. The summed E-state index contributed by atoms with van der Waals surface area (Å²) in [6.45, 7) is 1.15. The van der Waals surface area contributed by atoms with Gasteiger partial charge in [0.1, 0.15) is 0 Å². The average Bonchev–Trinajstić information content (AvgIpc) is 3.00. The maximum atomic E-state index is 12.0. The van der Waals surface area contributed by atoms with Crippen LogP contribution in [0, 0.1) is 5.92 Å². The number of amides is 2. The molecule has 3 rings (SSSR count). The van der Waals surface area contributed by atoms with E-state index in [1.165, 1.54) is 11.3 Å². The van der Waals surface area contributed by atoms with E-state index >= 15 is 0 Å². The number of nitrogens with zero attached hydrogens (tertiary/aromatic N) is 2. The van der Waals surface area contributed by atoms with Crippen LogP contribution in [0.4, 0.5) is 5.00 Å². The molecular formula is C14H16N4O2S. The molecule has 0 radical (unpaired) electrons. The third-order valence-electron chi connectivity index (χ3n) is 3.21. The molecule has 1 aliphatic rings. The monoisotopic (exact) mass is 304 g/mol. The summed E-state index contributed by atoms with van der Waals surface area (Å²) in [5.74, 6) is 0.0972. The second kappa shape index (κ2) is 6.09. The van der Waals surface area contributed by atoms with Crippen LogP contribution in [0.2, 0.25) is 0 Å². The number of thiophene rings is 1. The van der Waals surface area contributed by atoms with Crippen molar-refractivity contribution in [2.75, 3.05) is 11.9 Å². The third kappa shape index (κ3) is 3.69. The van der Waals surface area contributed by atoms with Crippen molar-refractivity contribution >= 4 is 28.2 Å². The number of carbonyl (C=O) groups excluding carboxylic acids is 2. The summed E-state index contributed by atoms with van der Waals surface area (Å²) in [5, 5.41) is 10.5. The van der Waals surface area contributed by atoms with E-state index in [1.807, 2.05) is 12.3 Å². The fraction of sp³-hybridized carbons (Fsp3) is 0.357. The van der Waals surface area contributed by atoms with Gasteiger partial charge in [0.2, 0.25) is 5.91 Å². The first-order valence-electron chi connectivity index (χ1n) is 6.89. The molecule has 2 aromatic heterocycles. The lowest BCUT2D eigenvalue weighted by Crippen LogP contribution is -2.26. The minimum atomic E-state index is -0.126. The zero-order valence-electron chi connectivity index (χ0n) is 11.4. The first kappa shape index (κ1) is 13.8. The van der Waals surface area contributed by atoms with E-state index in [4.69, 9.17) is 0 Å². The lowest BCUT2D eigenvalue weighted by molar-refractivity contribution is -0.117. The molecule has 0 aliphatic heterocycles. The van der Waals surface area contributed by atoms with Gasteiger partial charge in [0.15, 0.2) is 0 Å². The van der Waals surface area contributed by atoms with E-state index in [9.17, 15) is 9.59 Å². The van der Waals surface area contributed by atoms with Crippen molar-refractivity contribution in [3.05, 3.63) is 35.5 Å². The molecule has 0 unspecified atom stereocenters. The van der Waals surface area contributed by atoms with Crippen LogP contribution in [0.5, 0.6) is 0 Å². The van der Waals surface area contributed by atoms with Crippen molar-refractivity contribution in [2.45, 2.75) is 19.4 Å². The van der Waals surface area contributed by atoms with E-state index in [0.29, 0.717) is 18.0 Å². The van der Waals surface area contributed by atoms with Gasteiger partial charge in [-0.3, -0.25) is 14.3 Å². The van der Waals surface area contributed by atoms with Gasteiger partial charge in [0.05, 0.1) is 16.4 Å². The molecule has 1 aliphatic carbocycles. The van der Waals surface area contributed by atoms with Gasteiger partial charge in [-0.15, -0.1) is 11.3 Å². The molecule has 0 spiro atoms. The zero-order valence-corrected chi connectivity index (χ0v) is 12.2. The van der Waals surface area contributed by atoms with Crippen molar-refractivity contribution in [1.82, 2.24) is 15.1 Å². The van der Waals surface area contributed by atoms with E-state index < -0.39 is 0 Å². The molecule has 1 fully saturated rings. The lowest BCUT2D eigenvalue weighted by Gasteiger charge is -2.03. The molecule has 7 heteroatoms. The number of rotatable bonds is 6. The molecule has 0 saturated heterocycles. The molecule has 0 bridgehead atoms.